The van der Waals surface area contributed by atoms with Gasteiger partial charge in [-0.15, -0.1) is 0 Å². The van der Waals surface area contributed by atoms with Crippen LogP contribution < -0.4 is 5.43 Å². The number of aryl methyl sites for hydroxylation is 2. The molecule has 0 atom stereocenters. The topological polar surface area (TPSA) is 52.2 Å². The zero-order valence-corrected chi connectivity index (χ0v) is 14.0. The second-order valence-corrected chi connectivity index (χ2v) is 6.68. The Bertz CT molecular complexity index is 1240. The molecule has 0 N–H and O–H groups in total. The van der Waals surface area contributed by atoms with E-state index < -0.39 is 0 Å². The standard InChI is InChI=1S/C21H17NO3/c1-2-10-22-15-6-3-12-13(5-8-17(12)23)19(15)20-16(22)7-4-14-18(24)9-11-25-21(14)20/h3-4,6-7,9,11H,2,5,8,10H2,1H3. The highest BCUT2D eigenvalue weighted by atomic mass is 16.3. The highest BCUT2D eigenvalue weighted by Crippen LogP contribution is 2.39. The van der Waals surface area contributed by atoms with Gasteiger partial charge in [-0.25, -0.2) is 0 Å². The smallest absolute Gasteiger partial charge is 0.192 e. The lowest BCUT2D eigenvalue weighted by atomic mass is 10.0. The largest absolute Gasteiger partial charge is 0.463 e. The summed E-state index contributed by atoms with van der Waals surface area (Å²) < 4.78 is 8.07. The predicted molar refractivity (Wildman–Crippen MR) is 98.4 cm³/mol. The Morgan fingerprint density at radius 2 is 1.80 bits per heavy atom. The summed E-state index contributed by atoms with van der Waals surface area (Å²) in [7, 11) is 0. The Balaban J connectivity index is 2.09. The van der Waals surface area contributed by atoms with Gasteiger partial charge in [0.15, 0.2) is 11.2 Å². The SMILES string of the molecule is CCCn1c2ccc3c(c2c2c4occc(=O)c4ccc21)CCC3=O. The van der Waals surface area contributed by atoms with Crippen LogP contribution in [0.2, 0.25) is 0 Å². The van der Waals surface area contributed by atoms with E-state index in [1.807, 2.05) is 24.3 Å². The van der Waals surface area contributed by atoms with Crippen LogP contribution in [0.15, 0.2) is 45.8 Å². The molecule has 4 nitrogen and oxygen atoms in total. The maximum absolute atomic E-state index is 12.3. The number of carbonyl (C=O) groups is 1. The summed E-state index contributed by atoms with van der Waals surface area (Å²) in [6.07, 6.45) is 3.78. The second kappa shape index (κ2) is 5.06. The van der Waals surface area contributed by atoms with Gasteiger partial charge in [0, 0.05) is 35.5 Å². The predicted octanol–water partition coefficient (Wildman–Crippen LogP) is 4.44. The molecule has 0 aliphatic heterocycles. The van der Waals surface area contributed by atoms with Gasteiger partial charge < -0.3 is 8.98 Å². The molecule has 0 bridgehead atoms. The molecule has 0 radical (unpaired) electrons. The highest BCUT2D eigenvalue weighted by molar-refractivity contribution is 6.22. The summed E-state index contributed by atoms with van der Waals surface area (Å²) >= 11 is 0. The molecule has 0 spiro atoms. The van der Waals surface area contributed by atoms with Crippen molar-refractivity contribution in [2.75, 3.05) is 0 Å². The Labute approximate surface area is 143 Å². The molecule has 2 aromatic carbocycles. The quantitative estimate of drug-likeness (QED) is 0.545. The molecular weight excluding hydrogens is 314 g/mol. The number of nitrogens with zero attached hydrogens (tertiary/aromatic N) is 1. The van der Waals surface area contributed by atoms with Gasteiger partial charge in [-0.2, -0.15) is 0 Å². The third kappa shape index (κ3) is 1.82. The Hall–Kier alpha value is -2.88. The van der Waals surface area contributed by atoms with Crippen LogP contribution in [0.25, 0.3) is 32.8 Å². The van der Waals surface area contributed by atoms with Gasteiger partial charge in [-0.05, 0) is 42.7 Å². The van der Waals surface area contributed by atoms with Crippen molar-refractivity contribution in [3.8, 4) is 0 Å². The number of fused-ring (bicyclic) bond motifs is 7. The molecule has 1 aliphatic rings. The van der Waals surface area contributed by atoms with Crippen LogP contribution in [0.3, 0.4) is 0 Å². The number of ketones is 1. The van der Waals surface area contributed by atoms with E-state index >= 15 is 0 Å². The van der Waals surface area contributed by atoms with Crippen molar-refractivity contribution in [3.63, 3.8) is 0 Å². The molecular formula is C21H17NO3. The summed E-state index contributed by atoms with van der Waals surface area (Å²) in [5.41, 5.74) is 4.68. The normalized spacial score (nSPS) is 14.0. The molecule has 0 fully saturated rings. The molecule has 0 unspecified atom stereocenters. The summed E-state index contributed by atoms with van der Waals surface area (Å²) in [6, 6.07) is 9.30. The lowest BCUT2D eigenvalue weighted by Gasteiger charge is -2.06. The number of Topliss-reactive ketones (excluding diaryl/α,β-unsaturated/α-hetero) is 1. The van der Waals surface area contributed by atoms with Gasteiger partial charge in [0.05, 0.1) is 22.6 Å². The average molecular weight is 331 g/mol. The Kier molecular flexibility index (Phi) is 2.93. The molecule has 4 aromatic rings. The van der Waals surface area contributed by atoms with Crippen molar-refractivity contribution in [1.29, 1.82) is 0 Å². The van der Waals surface area contributed by atoms with E-state index in [1.54, 1.807) is 0 Å². The van der Waals surface area contributed by atoms with Crippen LogP contribution in [0.1, 0.15) is 35.7 Å². The average Bonchev–Trinajstić information content (AvgIpc) is 3.15. The molecule has 4 heteroatoms. The van der Waals surface area contributed by atoms with Crippen molar-refractivity contribution in [2.24, 2.45) is 0 Å². The fraction of sp³-hybridized carbons (Fsp3) is 0.238. The third-order valence-corrected chi connectivity index (χ3v) is 5.28. The first-order valence-electron chi connectivity index (χ1n) is 8.72. The van der Waals surface area contributed by atoms with Crippen LogP contribution in [0.4, 0.5) is 0 Å². The number of benzene rings is 2. The molecule has 2 aromatic heterocycles. The van der Waals surface area contributed by atoms with E-state index in [0.717, 1.165) is 52.3 Å². The van der Waals surface area contributed by atoms with E-state index in [0.29, 0.717) is 17.4 Å². The zero-order chi connectivity index (χ0) is 17.1. The lowest BCUT2D eigenvalue weighted by Crippen LogP contribution is -1.99. The van der Waals surface area contributed by atoms with Crippen LogP contribution in [0, 0.1) is 0 Å². The van der Waals surface area contributed by atoms with Crippen molar-refractivity contribution in [1.82, 2.24) is 4.57 Å². The van der Waals surface area contributed by atoms with Gasteiger partial charge in [-0.3, -0.25) is 9.59 Å². The molecule has 124 valence electrons. The zero-order valence-electron chi connectivity index (χ0n) is 14.0. The van der Waals surface area contributed by atoms with E-state index in [2.05, 4.69) is 11.5 Å². The fourth-order valence-electron chi connectivity index (χ4n) is 4.24. The fourth-order valence-corrected chi connectivity index (χ4v) is 4.24. The molecule has 1 aliphatic carbocycles. The second-order valence-electron chi connectivity index (χ2n) is 6.68. The molecule has 0 saturated heterocycles. The summed E-state index contributed by atoms with van der Waals surface area (Å²) in [6.45, 7) is 3.03. The van der Waals surface area contributed by atoms with Crippen LogP contribution in [-0.2, 0) is 13.0 Å². The van der Waals surface area contributed by atoms with E-state index in [4.69, 9.17) is 4.42 Å². The third-order valence-electron chi connectivity index (χ3n) is 5.28. The summed E-state index contributed by atoms with van der Waals surface area (Å²) in [5.74, 6) is 0.204. The monoisotopic (exact) mass is 331 g/mol. The van der Waals surface area contributed by atoms with E-state index in [-0.39, 0.29) is 11.2 Å². The molecule has 2 heterocycles. The van der Waals surface area contributed by atoms with E-state index in [9.17, 15) is 9.59 Å². The Morgan fingerprint density at radius 3 is 2.64 bits per heavy atom. The van der Waals surface area contributed by atoms with Gasteiger partial charge in [0.25, 0.3) is 0 Å². The van der Waals surface area contributed by atoms with Crippen LogP contribution in [0.5, 0.6) is 0 Å². The number of aromatic nitrogens is 1. The molecule has 0 saturated carbocycles. The molecule has 5 rings (SSSR count). The minimum atomic E-state index is -0.0387. The molecule has 25 heavy (non-hydrogen) atoms. The number of hydrogen-bond acceptors (Lipinski definition) is 3. The number of carbonyl (C=O) groups excluding carboxylic acids is 1. The van der Waals surface area contributed by atoms with Gasteiger partial charge in [-0.1, -0.05) is 6.92 Å². The van der Waals surface area contributed by atoms with Crippen LogP contribution >= 0.6 is 0 Å². The van der Waals surface area contributed by atoms with E-state index in [1.165, 1.54) is 12.3 Å². The summed E-state index contributed by atoms with van der Waals surface area (Å²) in [4.78, 5) is 24.5. The van der Waals surface area contributed by atoms with Gasteiger partial charge in [0.1, 0.15) is 5.58 Å². The first-order valence-corrected chi connectivity index (χ1v) is 8.72. The maximum atomic E-state index is 12.3. The molecule has 0 amide bonds. The van der Waals surface area contributed by atoms with Crippen molar-refractivity contribution in [2.45, 2.75) is 32.7 Å². The van der Waals surface area contributed by atoms with Crippen LogP contribution in [-0.4, -0.2) is 10.4 Å². The lowest BCUT2D eigenvalue weighted by molar-refractivity contribution is 0.0994. The van der Waals surface area contributed by atoms with Gasteiger partial charge >= 0.3 is 0 Å². The minimum absolute atomic E-state index is 0.0387. The first kappa shape index (κ1) is 14.5. The highest BCUT2D eigenvalue weighted by Gasteiger charge is 2.26. The first-order chi connectivity index (χ1) is 12.2. The number of hydrogen-bond donors (Lipinski definition) is 0. The Morgan fingerprint density at radius 1 is 1.00 bits per heavy atom. The van der Waals surface area contributed by atoms with Crippen molar-refractivity contribution < 1.29 is 9.21 Å². The van der Waals surface area contributed by atoms with Crippen molar-refractivity contribution in [3.05, 3.63) is 57.9 Å². The van der Waals surface area contributed by atoms with Gasteiger partial charge in [0.2, 0.25) is 0 Å². The minimum Gasteiger partial charge on any atom is -0.463 e. The summed E-state index contributed by atoms with van der Waals surface area (Å²) in [5, 5.41) is 2.63. The number of rotatable bonds is 2. The van der Waals surface area contributed by atoms with Crippen molar-refractivity contribution >= 4 is 38.6 Å². The maximum Gasteiger partial charge on any atom is 0.192 e.